The smallest absolute Gasteiger partial charge is 0.231 e. The predicted molar refractivity (Wildman–Crippen MR) is 68.7 cm³/mol. The van der Waals surface area contributed by atoms with E-state index in [4.69, 9.17) is 5.73 Å². The van der Waals surface area contributed by atoms with E-state index < -0.39 is 0 Å². The molecule has 1 heterocycles. The maximum absolute atomic E-state index is 11.2. The fourth-order valence-corrected chi connectivity index (χ4v) is 3.18. The lowest BCUT2D eigenvalue weighted by atomic mass is 10.0. The van der Waals surface area contributed by atoms with Crippen LogP contribution in [0.2, 0.25) is 0 Å². The molecule has 0 aromatic heterocycles. The molecule has 0 radical (unpaired) electrons. The van der Waals surface area contributed by atoms with Crippen LogP contribution in [0.25, 0.3) is 0 Å². The lowest BCUT2D eigenvalue weighted by molar-refractivity contribution is -0.119. The van der Waals surface area contributed by atoms with Crippen LogP contribution in [0, 0.1) is 0 Å². The maximum atomic E-state index is 11.2. The van der Waals surface area contributed by atoms with E-state index in [2.05, 4.69) is 10.2 Å². The normalized spacial score (nSPS) is 26.5. The van der Waals surface area contributed by atoms with Gasteiger partial charge in [0.05, 0.1) is 6.54 Å². The average molecular weight is 239 g/mol. The summed E-state index contributed by atoms with van der Waals surface area (Å²) in [6, 6.07) is 1.15. The topological polar surface area (TPSA) is 58.4 Å². The number of amides is 1. The molecule has 1 saturated heterocycles. The minimum atomic E-state index is -0.187. The molecule has 1 atom stereocenters. The van der Waals surface area contributed by atoms with Crippen molar-refractivity contribution in [1.29, 1.82) is 0 Å². The van der Waals surface area contributed by atoms with Gasteiger partial charge in [-0.15, -0.1) is 0 Å². The van der Waals surface area contributed by atoms with Gasteiger partial charge in [-0.05, 0) is 32.2 Å². The van der Waals surface area contributed by atoms with Crippen molar-refractivity contribution in [3.05, 3.63) is 0 Å². The summed E-state index contributed by atoms with van der Waals surface area (Å²) < 4.78 is 0. The first kappa shape index (κ1) is 12.8. The molecule has 1 saturated carbocycles. The Morgan fingerprint density at radius 3 is 2.47 bits per heavy atom. The van der Waals surface area contributed by atoms with Gasteiger partial charge in [-0.1, -0.05) is 19.3 Å². The zero-order valence-corrected chi connectivity index (χ0v) is 10.7. The SMILES string of the molecule is NC(=O)CN(CC1CCCCN1)C1CCCC1. The molecule has 1 aliphatic heterocycles. The lowest BCUT2D eigenvalue weighted by Gasteiger charge is -2.33. The molecule has 98 valence electrons. The number of nitrogens with two attached hydrogens (primary N) is 1. The van der Waals surface area contributed by atoms with Gasteiger partial charge in [0.25, 0.3) is 0 Å². The molecular formula is C13H25N3O. The Hall–Kier alpha value is -0.610. The zero-order valence-electron chi connectivity index (χ0n) is 10.7. The Kier molecular flexibility index (Phi) is 4.80. The van der Waals surface area contributed by atoms with Crippen molar-refractivity contribution in [3.8, 4) is 0 Å². The van der Waals surface area contributed by atoms with Gasteiger partial charge in [-0.3, -0.25) is 9.69 Å². The summed E-state index contributed by atoms with van der Waals surface area (Å²) in [7, 11) is 0. The van der Waals surface area contributed by atoms with Gasteiger partial charge < -0.3 is 11.1 Å². The molecular weight excluding hydrogens is 214 g/mol. The number of hydrogen-bond donors (Lipinski definition) is 2. The highest BCUT2D eigenvalue weighted by atomic mass is 16.1. The van der Waals surface area contributed by atoms with E-state index in [9.17, 15) is 4.79 Å². The Labute approximate surface area is 104 Å². The second-order valence-electron chi connectivity index (χ2n) is 5.48. The number of piperidine rings is 1. The van der Waals surface area contributed by atoms with Crippen LogP contribution in [0.1, 0.15) is 44.9 Å². The van der Waals surface area contributed by atoms with Crippen LogP contribution in [0.5, 0.6) is 0 Å². The largest absolute Gasteiger partial charge is 0.369 e. The van der Waals surface area contributed by atoms with Gasteiger partial charge in [0.15, 0.2) is 0 Å². The summed E-state index contributed by atoms with van der Waals surface area (Å²) in [5.41, 5.74) is 5.37. The number of rotatable bonds is 5. The Bertz CT molecular complexity index is 245. The van der Waals surface area contributed by atoms with Crippen LogP contribution >= 0.6 is 0 Å². The maximum Gasteiger partial charge on any atom is 0.231 e. The average Bonchev–Trinajstić information content (AvgIpc) is 2.82. The van der Waals surface area contributed by atoms with E-state index in [0.29, 0.717) is 18.6 Å². The Morgan fingerprint density at radius 2 is 1.88 bits per heavy atom. The third-order valence-electron chi connectivity index (χ3n) is 4.07. The minimum absolute atomic E-state index is 0.187. The minimum Gasteiger partial charge on any atom is -0.369 e. The highest BCUT2D eigenvalue weighted by Gasteiger charge is 2.26. The van der Waals surface area contributed by atoms with Gasteiger partial charge >= 0.3 is 0 Å². The van der Waals surface area contributed by atoms with Gasteiger partial charge in [0.1, 0.15) is 0 Å². The second-order valence-corrected chi connectivity index (χ2v) is 5.48. The molecule has 2 aliphatic rings. The van der Waals surface area contributed by atoms with Crippen molar-refractivity contribution >= 4 is 5.91 Å². The van der Waals surface area contributed by atoms with Gasteiger partial charge in [-0.25, -0.2) is 0 Å². The van der Waals surface area contributed by atoms with Gasteiger partial charge in [0, 0.05) is 18.6 Å². The van der Waals surface area contributed by atoms with Crippen molar-refractivity contribution < 1.29 is 4.79 Å². The van der Waals surface area contributed by atoms with E-state index >= 15 is 0 Å². The van der Waals surface area contributed by atoms with Crippen molar-refractivity contribution in [2.75, 3.05) is 19.6 Å². The molecule has 1 unspecified atom stereocenters. The second kappa shape index (κ2) is 6.36. The predicted octanol–water partition coefficient (Wildman–Crippen LogP) is 0.858. The molecule has 4 heteroatoms. The van der Waals surface area contributed by atoms with E-state index in [-0.39, 0.29) is 5.91 Å². The Balaban J connectivity index is 1.86. The fourth-order valence-electron chi connectivity index (χ4n) is 3.18. The van der Waals surface area contributed by atoms with E-state index in [0.717, 1.165) is 13.1 Å². The molecule has 0 bridgehead atoms. The fraction of sp³-hybridized carbons (Fsp3) is 0.923. The van der Waals surface area contributed by atoms with Crippen LogP contribution in [-0.2, 0) is 4.79 Å². The summed E-state index contributed by atoms with van der Waals surface area (Å²) in [4.78, 5) is 13.5. The number of hydrogen-bond acceptors (Lipinski definition) is 3. The summed E-state index contributed by atoms with van der Waals surface area (Å²) >= 11 is 0. The first-order valence-electron chi connectivity index (χ1n) is 7.01. The molecule has 2 rings (SSSR count). The summed E-state index contributed by atoms with van der Waals surface area (Å²) in [6.45, 7) is 2.55. The van der Waals surface area contributed by atoms with Crippen LogP contribution in [0.3, 0.4) is 0 Å². The van der Waals surface area contributed by atoms with E-state index in [1.165, 1.54) is 44.9 Å². The van der Waals surface area contributed by atoms with Crippen LogP contribution < -0.4 is 11.1 Å². The molecule has 17 heavy (non-hydrogen) atoms. The number of nitrogens with one attached hydrogen (secondary N) is 1. The first-order chi connectivity index (χ1) is 8.25. The van der Waals surface area contributed by atoms with Gasteiger partial charge in [-0.2, -0.15) is 0 Å². The number of carbonyl (C=O) groups excluding carboxylic acids is 1. The van der Waals surface area contributed by atoms with Crippen molar-refractivity contribution in [2.45, 2.75) is 57.0 Å². The lowest BCUT2D eigenvalue weighted by Crippen LogP contribution is -2.49. The van der Waals surface area contributed by atoms with Crippen LogP contribution in [-0.4, -0.2) is 42.5 Å². The standard InChI is InChI=1S/C13H25N3O/c14-13(17)10-16(12-6-1-2-7-12)9-11-5-3-4-8-15-11/h11-12,15H,1-10H2,(H2,14,17). The van der Waals surface area contributed by atoms with Crippen molar-refractivity contribution in [2.24, 2.45) is 5.73 Å². The number of carbonyl (C=O) groups is 1. The van der Waals surface area contributed by atoms with E-state index in [1.54, 1.807) is 0 Å². The molecule has 1 aliphatic carbocycles. The van der Waals surface area contributed by atoms with Crippen molar-refractivity contribution in [3.63, 3.8) is 0 Å². The summed E-state index contributed by atoms with van der Waals surface area (Å²) in [5, 5.41) is 3.55. The summed E-state index contributed by atoms with van der Waals surface area (Å²) in [6.07, 6.45) is 8.92. The summed E-state index contributed by atoms with van der Waals surface area (Å²) in [5.74, 6) is -0.187. The quantitative estimate of drug-likeness (QED) is 0.748. The van der Waals surface area contributed by atoms with Crippen molar-refractivity contribution in [1.82, 2.24) is 10.2 Å². The zero-order chi connectivity index (χ0) is 12.1. The Morgan fingerprint density at radius 1 is 1.18 bits per heavy atom. The first-order valence-corrected chi connectivity index (χ1v) is 7.01. The molecule has 0 aromatic rings. The monoisotopic (exact) mass is 239 g/mol. The highest BCUT2D eigenvalue weighted by Crippen LogP contribution is 2.24. The molecule has 1 amide bonds. The van der Waals surface area contributed by atoms with Crippen LogP contribution in [0.15, 0.2) is 0 Å². The number of primary amides is 1. The third-order valence-corrected chi connectivity index (χ3v) is 4.07. The molecule has 0 aromatic carbocycles. The molecule has 4 nitrogen and oxygen atoms in total. The highest BCUT2D eigenvalue weighted by molar-refractivity contribution is 5.75. The van der Waals surface area contributed by atoms with E-state index in [1.807, 2.05) is 0 Å². The van der Waals surface area contributed by atoms with Gasteiger partial charge in [0.2, 0.25) is 5.91 Å². The number of nitrogens with zero attached hydrogens (tertiary/aromatic N) is 1. The van der Waals surface area contributed by atoms with Crippen LogP contribution in [0.4, 0.5) is 0 Å². The molecule has 0 spiro atoms. The third kappa shape index (κ3) is 3.96. The molecule has 3 N–H and O–H groups in total. The molecule has 2 fully saturated rings.